The Morgan fingerprint density at radius 3 is 3.11 bits per heavy atom. The monoisotopic (exact) mass is 364 g/mol. The molecule has 3 aromatic heterocycles. The van der Waals surface area contributed by atoms with E-state index < -0.39 is 0 Å². The van der Waals surface area contributed by atoms with E-state index in [2.05, 4.69) is 32.4 Å². The van der Waals surface area contributed by atoms with Gasteiger partial charge in [0.25, 0.3) is 5.91 Å². The van der Waals surface area contributed by atoms with Crippen LogP contribution in [-0.4, -0.2) is 37.2 Å². The summed E-state index contributed by atoms with van der Waals surface area (Å²) in [6.45, 7) is 4.47. The van der Waals surface area contributed by atoms with E-state index in [1.807, 2.05) is 23.6 Å². The van der Waals surface area contributed by atoms with Gasteiger partial charge in [0.2, 0.25) is 5.88 Å². The van der Waals surface area contributed by atoms with Crippen LogP contribution >= 0.6 is 0 Å². The summed E-state index contributed by atoms with van der Waals surface area (Å²) in [7, 11) is 0. The summed E-state index contributed by atoms with van der Waals surface area (Å²) in [5.74, 6) is 1.14. The third kappa shape index (κ3) is 3.51. The van der Waals surface area contributed by atoms with E-state index >= 15 is 0 Å². The zero-order chi connectivity index (χ0) is 18.8. The number of anilines is 1. The molecule has 27 heavy (non-hydrogen) atoms. The average Bonchev–Trinajstić information content (AvgIpc) is 3.15. The first kappa shape index (κ1) is 17.1. The van der Waals surface area contributed by atoms with E-state index in [0.717, 1.165) is 18.4 Å². The Kier molecular flexibility index (Phi) is 4.53. The normalized spacial score (nSPS) is 17.1. The summed E-state index contributed by atoms with van der Waals surface area (Å²) in [5, 5.41) is 11.1. The van der Waals surface area contributed by atoms with Crippen molar-refractivity contribution in [3.8, 4) is 17.4 Å². The largest absolute Gasteiger partial charge is 0.477 e. The molecule has 0 fully saturated rings. The topological polar surface area (TPSA) is 94.8 Å². The van der Waals surface area contributed by atoms with Crippen molar-refractivity contribution in [2.45, 2.75) is 32.7 Å². The van der Waals surface area contributed by atoms with Crippen molar-refractivity contribution in [3.05, 3.63) is 47.9 Å². The highest BCUT2D eigenvalue weighted by Gasteiger charge is 2.19. The molecule has 0 radical (unpaired) electrons. The first-order valence-corrected chi connectivity index (χ1v) is 8.89. The van der Waals surface area contributed by atoms with Gasteiger partial charge in [-0.25, -0.2) is 9.97 Å². The van der Waals surface area contributed by atoms with E-state index in [4.69, 9.17) is 4.74 Å². The summed E-state index contributed by atoms with van der Waals surface area (Å²) < 4.78 is 7.79. The van der Waals surface area contributed by atoms with Crippen molar-refractivity contribution >= 4 is 11.7 Å². The Balaban J connectivity index is 1.77. The fourth-order valence-corrected chi connectivity index (χ4v) is 3.08. The van der Waals surface area contributed by atoms with Gasteiger partial charge in [0.1, 0.15) is 23.4 Å². The number of carbonyl (C=O) groups excluding carboxylic acids is 1. The van der Waals surface area contributed by atoms with Crippen molar-refractivity contribution in [2.24, 2.45) is 0 Å². The Bertz CT molecular complexity index is 984. The highest BCUT2D eigenvalue weighted by molar-refractivity contribution is 6.05. The van der Waals surface area contributed by atoms with Gasteiger partial charge >= 0.3 is 0 Å². The molecule has 0 spiro atoms. The van der Waals surface area contributed by atoms with Crippen LogP contribution in [0.15, 0.2) is 36.8 Å². The number of aromatic nitrogens is 5. The molecule has 0 aromatic carbocycles. The molecule has 1 aliphatic heterocycles. The van der Waals surface area contributed by atoms with Crippen molar-refractivity contribution in [1.29, 1.82) is 0 Å². The van der Waals surface area contributed by atoms with E-state index in [9.17, 15) is 4.79 Å². The second-order valence-electron chi connectivity index (χ2n) is 6.63. The van der Waals surface area contributed by atoms with Gasteiger partial charge in [-0.05, 0) is 50.5 Å². The van der Waals surface area contributed by atoms with Crippen LogP contribution in [0.5, 0.6) is 5.88 Å². The van der Waals surface area contributed by atoms with Gasteiger partial charge in [0, 0.05) is 12.2 Å². The fourth-order valence-electron chi connectivity index (χ4n) is 3.08. The second-order valence-corrected chi connectivity index (χ2v) is 6.63. The number of pyridine rings is 2. The molecule has 1 N–H and O–H groups in total. The number of hydrogen-bond acceptors (Lipinski definition) is 6. The number of fused-ring (bicyclic) bond motifs is 5. The van der Waals surface area contributed by atoms with Crippen LogP contribution in [0.3, 0.4) is 0 Å². The summed E-state index contributed by atoms with van der Waals surface area (Å²) >= 11 is 0. The van der Waals surface area contributed by atoms with Crippen LogP contribution < -0.4 is 10.1 Å². The lowest BCUT2D eigenvalue weighted by molar-refractivity contribution is 0.102. The molecular weight excluding hydrogens is 344 g/mol. The van der Waals surface area contributed by atoms with E-state index in [-0.39, 0.29) is 11.9 Å². The molecule has 1 aliphatic rings. The van der Waals surface area contributed by atoms with Crippen LogP contribution in [0, 0.1) is 6.92 Å². The van der Waals surface area contributed by atoms with Crippen LogP contribution in [-0.2, 0) is 0 Å². The molecule has 8 heteroatoms. The minimum Gasteiger partial charge on any atom is -0.477 e. The minimum absolute atomic E-state index is 0.187. The molecule has 0 saturated carbocycles. The lowest BCUT2D eigenvalue weighted by Crippen LogP contribution is -2.17. The van der Waals surface area contributed by atoms with Crippen molar-refractivity contribution in [2.75, 3.05) is 11.9 Å². The third-order valence-electron chi connectivity index (χ3n) is 4.51. The number of rotatable bonds is 0. The number of hydrogen-bond donors (Lipinski definition) is 1. The first-order chi connectivity index (χ1) is 13.1. The van der Waals surface area contributed by atoms with Crippen LogP contribution in [0.25, 0.3) is 11.5 Å². The number of amides is 1. The Morgan fingerprint density at radius 1 is 1.33 bits per heavy atom. The predicted octanol–water partition coefficient (Wildman–Crippen LogP) is 3.03. The summed E-state index contributed by atoms with van der Waals surface area (Å²) in [4.78, 5) is 21.6. The second kappa shape index (κ2) is 7.14. The van der Waals surface area contributed by atoms with Crippen molar-refractivity contribution in [3.63, 3.8) is 0 Å². The molecule has 138 valence electrons. The van der Waals surface area contributed by atoms with Crippen molar-refractivity contribution in [1.82, 2.24) is 24.7 Å². The number of nitrogens with zero attached hydrogens (tertiary/aromatic N) is 5. The number of ether oxygens (including phenoxy) is 1. The maximum Gasteiger partial charge on any atom is 0.262 e. The van der Waals surface area contributed by atoms with E-state index in [0.29, 0.717) is 35.4 Å². The van der Waals surface area contributed by atoms with Gasteiger partial charge in [-0.3, -0.25) is 4.79 Å². The number of carbonyl (C=O) groups is 1. The molecule has 1 unspecified atom stereocenters. The smallest absolute Gasteiger partial charge is 0.262 e. The number of nitrogens with one attached hydrogen (secondary N) is 1. The van der Waals surface area contributed by atoms with Crippen LogP contribution in [0.4, 0.5) is 5.82 Å². The highest BCUT2D eigenvalue weighted by Crippen LogP contribution is 2.24. The van der Waals surface area contributed by atoms with E-state index in [1.54, 1.807) is 24.7 Å². The zero-order valence-electron chi connectivity index (χ0n) is 15.2. The molecule has 2 bridgehead atoms. The highest BCUT2D eigenvalue weighted by atomic mass is 16.5. The van der Waals surface area contributed by atoms with Crippen LogP contribution in [0.1, 0.15) is 41.7 Å². The molecule has 3 aromatic rings. The van der Waals surface area contributed by atoms with Gasteiger partial charge in [0.15, 0.2) is 5.82 Å². The van der Waals surface area contributed by atoms with Gasteiger partial charge in [0.05, 0.1) is 6.61 Å². The van der Waals surface area contributed by atoms with Gasteiger partial charge in [-0.15, -0.1) is 10.2 Å². The molecule has 8 nitrogen and oxygen atoms in total. The molecule has 1 amide bonds. The SMILES string of the molecule is Cc1cnc2c(c1)C(=O)Nc1cccc(n1)-c1nncn1C(C)CCCO2. The molecule has 0 aliphatic carbocycles. The number of aryl methyl sites for hydroxylation is 1. The molecule has 4 rings (SSSR count). The Hall–Kier alpha value is -3.29. The summed E-state index contributed by atoms with van der Waals surface area (Å²) in [5.41, 5.74) is 1.94. The first-order valence-electron chi connectivity index (χ1n) is 8.89. The van der Waals surface area contributed by atoms with Crippen LogP contribution in [0.2, 0.25) is 0 Å². The predicted molar refractivity (Wildman–Crippen MR) is 99.6 cm³/mol. The maximum absolute atomic E-state index is 12.8. The summed E-state index contributed by atoms with van der Waals surface area (Å²) in [6.07, 6.45) is 5.08. The molecule has 1 atom stereocenters. The van der Waals surface area contributed by atoms with E-state index in [1.165, 1.54) is 0 Å². The fraction of sp³-hybridized carbons (Fsp3) is 0.316. The lowest BCUT2D eigenvalue weighted by Gasteiger charge is -2.17. The minimum atomic E-state index is -0.308. The van der Waals surface area contributed by atoms with Gasteiger partial charge in [-0.1, -0.05) is 6.07 Å². The molecule has 0 saturated heterocycles. The maximum atomic E-state index is 12.8. The molecular formula is C19H20N6O2. The zero-order valence-corrected chi connectivity index (χ0v) is 15.2. The summed E-state index contributed by atoms with van der Waals surface area (Å²) in [6, 6.07) is 7.39. The Morgan fingerprint density at radius 2 is 2.22 bits per heavy atom. The molecule has 4 heterocycles. The van der Waals surface area contributed by atoms with Gasteiger partial charge in [-0.2, -0.15) is 0 Å². The standard InChI is InChI=1S/C19H20N6O2/c1-12-9-14-18(26)23-16-7-3-6-15(22-16)17-24-21-11-25(17)13(2)5-4-8-27-19(14)20-10-12/h3,6-7,9-11,13H,4-5,8H2,1-2H3,(H,22,23,26). The quantitative estimate of drug-likeness (QED) is 0.659. The van der Waals surface area contributed by atoms with Crippen molar-refractivity contribution < 1.29 is 9.53 Å². The Labute approximate surface area is 156 Å². The third-order valence-corrected chi connectivity index (χ3v) is 4.51. The van der Waals surface area contributed by atoms with Gasteiger partial charge < -0.3 is 14.6 Å². The lowest BCUT2D eigenvalue weighted by atomic mass is 10.1. The average molecular weight is 364 g/mol.